The van der Waals surface area contributed by atoms with Crippen molar-refractivity contribution >= 4 is 63.6 Å². The molecule has 2 atom stereocenters. The normalized spacial score (nSPS) is 20.1. The fraction of sp³-hybridized carbons (Fsp3) is 0.257. The van der Waals surface area contributed by atoms with Crippen molar-refractivity contribution in [1.82, 2.24) is 24.8 Å². The lowest BCUT2D eigenvalue weighted by molar-refractivity contribution is -0.135. The number of hydrogen-bond acceptors (Lipinski definition) is 6. The molecule has 1 N–H and O–H groups in total. The van der Waals surface area contributed by atoms with E-state index in [-0.39, 0.29) is 18.2 Å². The smallest absolute Gasteiger partial charge is 0.242 e. The summed E-state index contributed by atoms with van der Waals surface area (Å²) in [5.74, 6) is 0.526. The summed E-state index contributed by atoms with van der Waals surface area (Å²) in [4.78, 5) is 48.4. The molecule has 11 heteroatoms. The Hall–Kier alpha value is -4.05. The van der Waals surface area contributed by atoms with Gasteiger partial charge in [-0.1, -0.05) is 59.1 Å². The van der Waals surface area contributed by atoms with Crippen molar-refractivity contribution in [3.8, 4) is 0 Å². The number of benzene rings is 3. The van der Waals surface area contributed by atoms with E-state index in [1.807, 2.05) is 89.7 Å². The van der Waals surface area contributed by atoms with Crippen molar-refractivity contribution < 1.29 is 9.59 Å². The second kappa shape index (κ2) is 12.6. The topological polar surface area (TPSA) is 85.4 Å². The van der Waals surface area contributed by atoms with E-state index in [0.717, 1.165) is 32.5 Å². The summed E-state index contributed by atoms with van der Waals surface area (Å²) >= 11 is 14.1. The standard InChI is InChI=1S/C35H32Cl2N6O2S/c1-23-3-10-27(11-4-23)46-35(33(45)41-15-17-42(18-16-41)34-38-13-2-14-39-34)20-31(44)43(22-24-5-7-25(36)8-6-24)32(35)29-21-40-30-19-26(37)9-12-28(29)30/h2-14,19,21,32,40H,15-18,20,22H2,1H3/t32-,35-/m0/s1. The van der Waals surface area contributed by atoms with Gasteiger partial charge in [0, 0.05) is 82.7 Å². The van der Waals surface area contributed by atoms with E-state index in [0.29, 0.717) is 48.7 Å². The molecule has 0 spiro atoms. The number of aryl methyl sites for hydroxylation is 1. The molecule has 3 aromatic carbocycles. The number of nitrogens with one attached hydrogen (secondary N) is 1. The Labute approximate surface area is 281 Å². The van der Waals surface area contributed by atoms with Crippen LogP contribution >= 0.6 is 35.0 Å². The van der Waals surface area contributed by atoms with Crippen LogP contribution in [0.5, 0.6) is 0 Å². The number of H-pyrrole nitrogens is 1. The van der Waals surface area contributed by atoms with Crippen LogP contribution in [0.15, 0.2) is 96.3 Å². The number of aromatic amines is 1. The molecule has 2 aliphatic rings. The molecule has 0 aliphatic carbocycles. The van der Waals surface area contributed by atoms with Crippen molar-refractivity contribution in [3.05, 3.63) is 118 Å². The lowest BCUT2D eigenvalue weighted by Crippen LogP contribution is -2.56. The maximum Gasteiger partial charge on any atom is 0.242 e. The summed E-state index contributed by atoms with van der Waals surface area (Å²) in [5, 5.41) is 2.16. The van der Waals surface area contributed by atoms with Crippen molar-refractivity contribution in [3.63, 3.8) is 0 Å². The highest BCUT2D eigenvalue weighted by Gasteiger charge is 2.59. The van der Waals surface area contributed by atoms with Gasteiger partial charge in [-0.15, -0.1) is 11.8 Å². The zero-order valence-electron chi connectivity index (χ0n) is 25.2. The largest absolute Gasteiger partial charge is 0.361 e. The first-order valence-corrected chi connectivity index (χ1v) is 16.8. The number of nitrogens with zero attached hydrogens (tertiary/aromatic N) is 5. The summed E-state index contributed by atoms with van der Waals surface area (Å²) in [6.45, 7) is 4.56. The van der Waals surface area contributed by atoms with Gasteiger partial charge >= 0.3 is 0 Å². The monoisotopic (exact) mass is 670 g/mol. The summed E-state index contributed by atoms with van der Waals surface area (Å²) < 4.78 is -1.14. The van der Waals surface area contributed by atoms with Gasteiger partial charge in [-0.05, 0) is 55.0 Å². The van der Waals surface area contributed by atoms with Crippen LogP contribution in [0.2, 0.25) is 10.0 Å². The average Bonchev–Trinajstić information content (AvgIpc) is 3.60. The van der Waals surface area contributed by atoms with Crippen LogP contribution in [0.1, 0.15) is 29.2 Å². The number of carbonyl (C=O) groups excluding carboxylic acids is 2. The van der Waals surface area contributed by atoms with E-state index >= 15 is 4.79 Å². The third kappa shape index (κ3) is 5.83. The number of halogens is 2. The fourth-order valence-corrected chi connectivity index (χ4v) is 8.30. The van der Waals surface area contributed by atoms with E-state index < -0.39 is 10.8 Å². The third-order valence-corrected chi connectivity index (χ3v) is 10.7. The van der Waals surface area contributed by atoms with Gasteiger partial charge in [-0.25, -0.2) is 9.97 Å². The van der Waals surface area contributed by atoms with Crippen LogP contribution in [0, 0.1) is 6.92 Å². The minimum Gasteiger partial charge on any atom is -0.361 e. The molecule has 0 radical (unpaired) electrons. The molecule has 46 heavy (non-hydrogen) atoms. The molecule has 7 rings (SSSR count). The lowest BCUT2D eigenvalue weighted by atomic mass is 9.90. The fourth-order valence-electron chi connectivity index (χ4n) is 6.53. The summed E-state index contributed by atoms with van der Waals surface area (Å²) in [6.07, 6.45) is 5.45. The van der Waals surface area contributed by atoms with Gasteiger partial charge in [-0.2, -0.15) is 0 Å². The quantitative estimate of drug-likeness (QED) is 0.202. The highest BCUT2D eigenvalue weighted by atomic mass is 35.5. The number of piperazine rings is 1. The molecule has 0 saturated carbocycles. The molecule has 0 unspecified atom stereocenters. The van der Waals surface area contributed by atoms with Gasteiger partial charge in [0.1, 0.15) is 4.75 Å². The van der Waals surface area contributed by atoms with E-state index in [1.165, 1.54) is 11.8 Å². The molecule has 2 amide bonds. The number of hydrogen-bond donors (Lipinski definition) is 1. The number of carbonyl (C=O) groups is 2. The lowest BCUT2D eigenvalue weighted by Gasteiger charge is -2.42. The van der Waals surface area contributed by atoms with Crippen LogP contribution in [-0.4, -0.2) is 67.5 Å². The van der Waals surface area contributed by atoms with Crippen molar-refractivity contribution in [2.45, 2.75) is 35.6 Å². The van der Waals surface area contributed by atoms with Crippen LogP contribution in [-0.2, 0) is 16.1 Å². The molecule has 234 valence electrons. The zero-order valence-corrected chi connectivity index (χ0v) is 27.5. The van der Waals surface area contributed by atoms with Gasteiger partial charge in [0.15, 0.2) is 0 Å². The van der Waals surface area contributed by atoms with Crippen LogP contribution in [0.25, 0.3) is 10.9 Å². The molecule has 2 saturated heterocycles. The molecule has 2 fully saturated rings. The Balaban J connectivity index is 1.33. The number of thioether (sulfide) groups is 1. The van der Waals surface area contributed by atoms with Crippen LogP contribution < -0.4 is 4.90 Å². The molecular formula is C35H32Cl2N6O2S. The first kappa shape index (κ1) is 30.6. The van der Waals surface area contributed by atoms with E-state index in [9.17, 15) is 4.79 Å². The summed E-state index contributed by atoms with van der Waals surface area (Å²) in [7, 11) is 0. The van der Waals surface area contributed by atoms with Crippen molar-refractivity contribution in [2.24, 2.45) is 0 Å². The summed E-state index contributed by atoms with van der Waals surface area (Å²) in [6, 6.07) is 22.6. The second-order valence-electron chi connectivity index (χ2n) is 11.8. The zero-order chi connectivity index (χ0) is 31.8. The first-order chi connectivity index (χ1) is 22.3. The van der Waals surface area contributed by atoms with E-state index in [2.05, 4.69) is 19.9 Å². The summed E-state index contributed by atoms with van der Waals surface area (Å²) in [5.41, 5.74) is 3.80. The molecule has 2 aliphatic heterocycles. The number of aromatic nitrogens is 3. The second-order valence-corrected chi connectivity index (χ2v) is 14.1. The minimum atomic E-state index is -1.14. The Kier molecular flexibility index (Phi) is 8.40. The molecule has 0 bridgehead atoms. The van der Waals surface area contributed by atoms with Crippen molar-refractivity contribution in [1.29, 1.82) is 0 Å². The Morgan fingerprint density at radius 2 is 1.65 bits per heavy atom. The highest BCUT2D eigenvalue weighted by molar-refractivity contribution is 8.01. The molecule has 2 aromatic heterocycles. The Morgan fingerprint density at radius 1 is 0.957 bits per heavy atom. The first-order valence-electron chi connectivity index (χ1n) is 15.2. The Morgan fingerprint density at radius 3 is 2.37 bits per heavy atom. The van der Waals surface area contributed by atoms with Gasteiger partial charge < -0.3 is 19.7 Å². The number of rotatable bonds is 7. The predicted octanol–water partition coefficient (Wildman–Crippen LogP) is 6.93. The number of amides is 2. The SMILES string of the molecule is Cc1ccc(S[C@@]2(C(=O)N3CCN(c4ncccn4)CC3)CC(=O)N(Cc3ccc(Cl)cc3)[C@H]2c2c[nH]c3cc(Cl)ccc23)cc1. The number of fused-ring (bicyclic) bond motifs is 1. The predicted molar refractivity (Wildman–Crippen MR) is 183 cm³/mol. The van der Waals surface area contributed by atoms with Gasteiger partial charge in [0.05, 0.1) is 12.5 Å². The van der Waals surface area contributed by atoms with Crippen LogP contribution in [0.3, 0.4) is 0 Å². The highest BCUT2D eigenvalue weighted by Crippen LogP contribution is 2.55. The molecule has 4 heterocycles. The van der Waals surface area contributed by atoms with Crippen LogP contribution in [0.4, 0.5) is 5.95 Å². The maximum absolute atomic E-state index is 15.1. The van der Waals surface area contributed by atoms with E-state index in [1.54, 1.807) is 18.5 Å². The maximum atomic E-state index is 15.1. The number of likely N-dealkylation sites (tertiary alicyclic amines) is 1. The van der Waals surface area contributed by atoms with E-state index in [4.69, 9.17) is 23.2 Å². The molecule has 5 aromatic rings. The van der Waals surface area contributed by atoms with Gasteiger partial charge in [0.25, 0.3) is 0 Å². The molecule has 8 nitrogen and oxygen atoms in total. The minimum absolute atomic E-state index is 0.0491. The average molecular weight is 672 g/mol. The van der Waals surface area contributed by atoms with Gasteiger partial charge in [0.2, 0.25) is 17.8 Å². The van der Waals surface area contributed by atoms with Gasteiger partial charge in [-0.3, -0.25) is 9.59 Å². The van der Waals surface area contributed by atoms with Crippen molar-refractivity contribution in [2.75, 3.05) is 31.1 Å². The molecular weight excluding hydrogens is 639 g/mol. The Bertz CT molecular complexity index is 1880. The third-order valence-electron chi connectivity index (χ3n) is 8.81. The number of anilines is 1.